The Morgan fingerprint density at radius 1 is 0.672 bits per heavy atom. The number of ether oxygens (including phenoxy) is 4. The molecule has 1 N–H and O–H groups in total. The first kappa shape index (κ1) is 63.4. The van der Waals surface area contributed by atoms with Gasteiger partial charge >= 0.3 is 0 Å². The van der Waals surface area contributed by atoms with Gasteiger partial charge in [0.1, 0.15) is 16.4 Å². The van der Waals surface area contributed by atoms with Crippen LogP contribution in [0.2, 0.25) is 0 Å². The highest BCUT2D eigenvalue weighted by Gasteiger charge is 2.21. The van der Waals surface area contributed by atoms with Crippen molar-refractivity contribution in [3.8, 4) is 0 Å². The molecule has 15 heteroatoms. The van der Waals surface area contributed by atoms with E-state index < -0.39 is 9.84 Å². The number of aliphatic hydroxyl groups excluding tert-OH is 1. The molecule has 3 rings (SSSR count). The topological polar surface area (TPSA) is 155 Å². The number of rotatable bonds is 16. The largest absolute Gasteiger partial charge is 0.391 e. The van der Waals surface area contributed by atoms with Gasteiger partial charge < -0.3 is 43.7 Å². The van der Waals surface area contributed by atoms with Crippen LogP contribution < -0.4 is 0 Å². The van der Waals surface area contributed by atoms with Crippen molar-refractivity contribution < 1.29 is 46.9 Å². The van der Waals surface area contributed by atoms with E-state index in [-0.39, 0.29) is 54.5 Å². The first-order valence-electron chi connectivity index (χ1n) is 23.1. The highest BCUT2D eigenvalue weighted by Crippen LogP contribution is 2.22. The molecule has 2 heterocycles. The maximum absolute atomic E-state index is 11.5. The summed E-state index contributed by atoms with van der Waals surface area (Å²) in [5.74, 6) is 1.17. The van der Waals surface area contributed by atoms with Crippen LogP contribution in [0.15, 0.2) is 0 Å². The van der Waals surface area contributed by atoms with Crippen LogP contribution in [0.1, 0.15) is 141 Å². The summed E-state index contributed by atoms with van der Waals surface area (Å²) in [6, 6.07) is 0. The molecule has 3 aliphatic rings. The number of aliphatic hydroxyl groups is 1. The Morgan fingerprint density at radius 2 is 1.13 bits per heavy atom. The molecule has 14 nitrogen and oxygen atoms in total. The van der Waals surface area contributed by atoms with Crippen LogP contribution in [0.25, 0.3) is 0 Å². The average Bonchev–Trinajstić information content (AvgIpc) is 3.16. The van der Waals surface area contributed by atoms with E-state index in [1.165, 1.54) is 49.7 Å². The van der Waals surface area contributed by atoms with Gasteiger partial charge in [-0.3, -0.25) is 14.4 Å². The lowest BCUT2D eigenvalue weighted by Gasteiger charge is -2.33. The third-order valence-electron chi connectivity index (χ3n) is 9.23. The van der Waals surface area contributed by atoms with E-state index in [0.29, 0.717) is 43.7 Å². The van der Waals surface area contributed by atoms with Gasteiger partial charge in [0.2, 0.25) is 17.7 Å². The van der Waals surface area contributed by atoms with E-state index in [0.717, 1.165) is 45.7 Å². The predicted octanol–water partition coefficient (Wildman–Crippen LogP) is 6.56. The highest BCUT2D eigenvalue weighted by atomic mass is 32.2. The zero-order chi connectivity index (χ0) is 47.7. The minimum Gasteiger partial charge on any atom is -0.391 e. The molecule has 2 saturated heterocycles. The Labute approximate surface area is 375 Å². The van der Waals surface area contributed by atoms with Gasteiger partial charge in [0.15, 0.2) is 0 Å². The van der Waals surface area contributed by atoms with Crippen LogP contribution in [0, 0.1) is 11.8 Å². The summed E-state index contributed by atoms with van der Waals surface area (Å²) >= 11 is 0. The van der Waals surface area contributed by atoms with Crippen molar-refractivity contribution >= 4 is 27.6 Å². The Bertz CT molecular complexity index is 1180. The minimum atomic E-state index is -2.80. The SMILES string of the molecule is CC(C)C(=O)N1CCCCC1.CC(C)C(=O)N1CCN(C)CC1.CC(C)OC1CCC1.CC(C)OCC(=O)N(C)C.CC(C)OCCCS(C)(=O)=O.CCC(O)COC(C)C. The third-order valence-corrected chi connectivity index (χ3v) is 10.3. The second-order valence-electron chi connectivity index (χ2n) is 18.1. The van der Waals surface area contributed by atoms with E-state index in [1.807, 2.05) is 86.0 Å². The number of piperidine rings is 1. The van der Waals surface area contributed by atoms with E-state index in [4.69, 9.17) is 24.1 Å². The second-order valence-corrected chi connectivity index (χ2v) is 20.3. The van der Waals surface area contributed by atoms with E-state index in [1.54, 1.807) is 14.1 Å². The Kier molecular flexibility index (Phi) is 39.0. The monoisotopic (exact) mass is 897 g/mol. The van der Waals surface area contributed by atoms with Crippen molar-refractivity contribution in [2.24, 2.45) is 11.8 Å². The van der Waals surface area contributed by atoms with Gasteiger partial charge in [-0.2, -0.15) is 0 Å². The van der Waals surface area contributed by atoms with Gasteiger partial charge in [0.05, 0.1) is 49.0 Å². The summed E-state index contributed by atoms with van der Waals surface area (Å²) in [6.07, 6.45) is 11.5. The van der Waals surface area contributed by atoms with Crippen molar-refractivity contribution in [1.29, 1.82) is 0 Å². The molecular weight excluding hydrogens is 801 g/mol. The first-order chi connectivity index (χ1) is 28.2. The fourth-order valence-corrected chi connectivity index (χ4v) is 5.83. The predicted molar refractivity (Wildman–Crippen MR) is 251 cm³/mol. The second kappa shape index (κ2) is 37.5. The highest BCUT2D eigenvalue weighted by molar-refractivity contribution is 7.90. The summed E-state index contributed by atoms with van der Waals surface area (Å²) in [6.45, 7) is 32.5. The maximum Gasteiger partial charge on any atom is 0.248 e. The molecule has 1 unspecified atom stereocenters. The van der Waals surface area contributed by atoms with Gasteiger partial charge in [-0.25, -0.2) is 8.42 Å². The number of hydrogen-bond acceptors (Lipinski definition) is 11. The zero-order valence-electron chi connectivity index (χ0n) is 42.2. The van der Waals surface area contributed by atoms with Gasteiger partial charge in [0.25, 0.3) is 0 Å². The fraction of sp³-hybridized carbons (Fsp3) is 0.935. The fourth-order valence-electron chi connectivity index (χ4n) is 5.19. The lowest BCUT2D eigenvalue weighted by atomic mass is 9.96. The summed E-state index contributed by atoms with van der Waals surface area (Å²) < 4.78 is 42.1. The summed E-state index contributed by atoms with van der Waals surface area (Å²) in [7, 11) is 2.72. The quantitative estimate of drug-likeness (QED) is 0.168. The van der Waals surface area contributed by atoms with Crippen molar-refractivity contribution in [1.82, 2.24) is 19.6 Å². The summed E-state index contributed by atoms with van der Waals surface area (Å²) in [5, 5.41) is 8.98. The third kappa shape index (κ3) is 41.9. The number of hydrogen-bond donors (Lipinski definition) is 1. The molecule has 2 aliphatic heterocycles. The number of nitrogens with zero attached hydrogens (tertiary/aromatic N) is 4. The minimum absolute atomic E-state index is 0.00806. The molecule has 0 aromatic heterocycles. The van der Waals surface area contributed by atoms with E-state index in [2.05, 4.69) is 25.8 Å². The number of amides is 3. The molecule has 0 bridgehead atoms. The van der Waals surface area contributed by atoms with Gasteiger partial charge in [0, 0.05) is 78.1 Å². The average molecular weight is 897 g/mol. The number of piperazine rings is 1. The lowest BCUT2D eigenvalue weighted by molar-refractivity contribution is -0.136. The summed E-state index contributed by atoms with van der Waals surface area (Å²) in [4.78, 5) is 41.5. The molecule has 0 aromatic carbocycles. The Hall–Kier alpha value is -1.88. The summed E-state index contributed by atoms with van der Waals surface area (Å²) in [5.41, 5.74) is 0. The van der Waals surface area contributed by atoms with Crippen LogP contribution in [0.4, 0.5) is 0 Å². The molecule has 1 atom stereocenters. The molecular formula is C46H96N4O10S. The molecule has 3 amide bonds. The van der Waals surface area contributed by atoms with Crippen molar-refractivity contribution in [2.45, 2.75) is 178 Å². The van der Waals surface area contributed by atoms with Gasteiger partial charge in [-0.15, -0.1) is 0 Å². The van der Waals surface area contributed by atoms with Crippen molar-refractivity contribution in [2.75, 3.05) is 92.2 Å². The van der Waals surface area contributed by atoms with Crippen LogP contribution >= 0.6 is 0 Å². The lowest BCUT2D eigenvalue weighted by Crippen LogP contribution is -2.48. The Balaban J connectivity index is -0.000000665. The van der Waals surface area contributed by atoms with Crippen molar-refractivity contribution in [3.05, 3.63) is 0 Å². The number of sulfone groups is 1. The van der Waals surface area contributed by atoms with E-state index in [9.17, 15) is 22.8 Å². The molecule has 366 valence electrons. The molecule has 0 spiro atoms. The molecule has 3 fully saturated rings. The number of likely N-dealkylation sites (N-methyl/N-ethyl adjacent to an activating group) is 2. The van der Waals surface area contributed by atoms with Gasteiger partial charge in [-0.05, 0) is 114 Å². The van der Waals surface area contributed by atoms with Crippen LogP contribution in [0.3, 0.4) is 0 Å². The number of likely N-dealkylation sites (tertiary alicyclic amines) is 1. The van der Waals surface area contributed by atoms with Crippen molar-refractivity contribution in [3.63, 3.8) is 0 Å². The number of carbonyl (C=O) groups is 3. The number of carbonyl (C=O) groups excluding carboxylic acids is 3. The first-order valence-corrected chi connectivity index (χ1v) is 25.1. The molecule has 61 heavy (non-hydrogen) atoms. The smallest absolute Gasteiger partial charge is 0.248 e. The molecule has 0 aromatic rings. The molecule has 0 radical (unpaired) electrons. The maximum atomic E-state index is 11.5. The van der Waals surface area contributed by atoms with E-state index >= 15 is 0 Å². The zero-order valence-corrected chi connectivity index (χ0v) is 43.0. The molecule has 1 saturated carbocycles. The van der Waals surface area contributed by atoms with Crippen LogP contribution in [-0.2, 0) is 43.2 Å². The van der Waals surface area contributed by atoms with Gasteiger partial charge in [-0.1, -0.05) is 34.6 Å². The van der Waals surface area contributed by atoms with Crippen LogP contribution in [0.5, 0.6) is 0 Å². The molecule has 1 aliphatic carbocycles. The van der Waals surface area contributed by atoms with Crippen LogP contribution in [-0.4, -0.2) is 180 Å². The normalized spacial score (nSPS) is 16.2. The standard InChI is InChI=1S/C9H18N2O.C9H17NO.C7H15NO2.C7H16O3S.C7H16O2.C7H14O/c1-8(2)9(12)11-6-4-10(3)5-7-11;1-8(2)9(11)10-6-4-3-5-7-10;1-6(2)10-5-7(9)8(3)4;1-7(2)10-5-4-6-11(3,8)9;1-4-7(8)5-9-6(2)3;1-6(2)8-7-4-3-5-7/h8H,4-7H2,1-3H3;8H,3-7H2,1-2H3;6H,5H2,1-4H3;7H,4-6H2,1-3H3;6-8H,4-5H2,1-3H3;6-7H,3-5H2,1-2H3. The Morgan fingerprint density at radius 3 is 1.46 bits per heavy atom.